The monoisotopic (exact) mass is 275 g/mol. The number of hydrogen-bond donors (Lipinski definition) is 6. The van der Waals surface area contributed by atoms with Crippen molar-refractivity contribution in [3.05, 3.63) is 0 Å². The van der Waals surface area contributed by atoms with Crippen LogP contribution in [0.15, 0.2) is 0 Å². The molecule has 96 valence electrons. The molecule has 8 nitrogen and oxygen atoms in total. The van der Waals surface area contributed by atoms with Crippen molar-refractivity contribution in [2.45, 2.75) is 24.4 Å². The van der Waals surface area contributed by atoms with Gasteiger partial charge in [-0.25, -0.2) is 0 Å². The van der Waals surface area contributed by atoms with Gasteiger partial charge in [0.15, 0.2) is 0 Å². The molecule has 0 fully saturated rings. The van der Waals surface area contributed by atoms with Gasteiger partial charge < -0.3 is 40.2 Å². The molecule has 7 N–H and O–H groups in total. The van der Waals surface area contributed by atoms with Gasteiger partial charge in [0.1, 0.15) is 24.6 Å². The minimum atomic E-state index is -3.94. The Morgan fingerprint density at radius 1 is 1.31 bits per heavy atom. The Balaban J connectivity index is 4.22. The van der Waals surface area contributed by atoms with Gasteiger partial charge >= 0.3 is 6.72 Å². The summed E-state index contributed by atoms with van der Waals surface area (Å²) >= 11 is 4.09. The molecular formula is C6H14NO7PS. The lowest BCUT2D eigenvalue weighted by molar-refractivity contribution is -0.117. The van der Waals surface area contributed by atoms with Crippen LogP contribution in [0.3, 0.4) is 0 Å². The summed E-state index contributed by atoms with van der Waals surface area (Å²) in [6.07, 6.45) is -4.90. The number of nitrogens with two attached hydrogens (primary N) is 1. The summed E-state index contributed by atoms with van der Waals surface area (Å²) in [7, 11) is 0. The molecule has 0 aromatic heterocycles. The zero-order valence-electron chi connectivity index (χ0n) is 8.08. The number of carbonyl (C=O) groups excluding carboxylic acids is 1. The van der Waals surface area contributed by atoms with Gasteiger partial charge in [-0.3, -0.25) is 0 Å². The highest BCUT2D eigenvalue weighted by Gasteiger charge is 2.30. The summed E-state index contributed by atoms with van der Waals surface area (Å²) in [6.45, 7) is -4.64. The largest absolute Gasteiger partial charge is 0.388 e. The molecule has 0 spiro atoms. The smallest absolute Gasteiger partial charge is 0.321 e. The lowest BCUT2D eigenvalue weighted by atomic mass is 10.0. The maximum absolute atomic E-state index is 10.2. The van der Waals surface area contributed by atoms with Crippen molar-refractivity contribution in [3.8, 4) is 0 Å². The van der Waals surface area contributed by atoms with E-state index in [1.54, 1.807) is 0 Å². The molecule has 0 radical (unpaired) electrons. The third kappa shape index (κ3) is 5.94. The van der Waals surface area contributed by atoms with Gasteiger partial charge in [-0.2, -0.15) is 0 Å². The summed E-state index contributed by atoms with van der Waals surface area (Å²) in [4.78, 5) is 27.5. The van der Waals surface area contributed by atoms with Crippen molar-refractivity contribution in [2.24, 2.45) is 5.73 Å². The van der Waals surface area contributed by atoms with Crippen LogP contribution in [0.25, 0.3) is 0 Å². The van der Waals surface area contributed by atoms with E-state index in [1.807, 2.05) is 0 Å². The summed E-state index contributed by atoms with van der Waals surface area (Å²) < 4.78 is 4.26. The maximum atomic E-state index is 10.2. The highest BCUT2D eigenvalue weighted by molar-refractivity contribution is 8.06. The first-order valence-electron chi connectivity index (χ1n) is 4.14. The van der Waals surface area contributed by atoms with E-state index in [-0.39, 0.29) is 6.29 Å². The van der Waals surface area contributed by atoms with E-state index in [0.717, 1.165) is 0 Å². The molecule has 0 rings (SSSR count). The van der Waals surface area contributed by atoms with Gasteiger partial charge in [0.05, 0.1) is 12.6 Å². The number of aliphatic hydroxyl groups is 3. The van der Waals surface area contributed by atoms with E-state index in [9.17, 15) is 20.1 Å². The molecule has 0 saturated carbocycles. The minimum Gasteiger partial charge on any atom is -0.388 e. The van der Waals surface area contributed by atoms with E-state index < -0.39 is 37.7 Å². The van der Waals surface area contributed by atoms with E-state index in [2.05, 4.69) is 16.3 Å². The predicted octanol–water partition coefficient (Wildman–Crippen LogP) is -3.18. The van der Waals surface area contributed by atoms with Crippen molar-refractivity contribution >= 4 is 24.8 Å². The highest BCUT2D eigenvalue weighted by atomic mass is 32.5. The fraction of sp³-hybridized carbons (Fsp3) is 0.833. The van der Waals surface area contributed by atoms with Crippen LogP contribution in [0, 0.1) is 0 Å². The molecule has 0 unspecified atom stereocenters. The van der Waals surface area contributed by atoms with Crippen LogP contribution < -0.4 is 5.73 Å². The van der Waals surface area contributed by atoms with Gasteiger partial charge in [-0.15, -0.1) is 0 Å². The minimum absolute atomic E-state index is 0.198. The Morgan fingerprint density at radius 3 is 2.19 bits per heavy atom. The lowest BCUT2D eigenvalue weighted by Gasteiger charge is -2.24. The normalized spacial score (nSPS) is 19.9. The number of hydrogen-bond acceptors (Lipinski definition) is 7. The van der Waals surface area contributed by atoms with Gasteiger partial charge in [0, 0.05) is 0 Å². The molecule has 0 aromatic carbocycles. The molecule has 4 atom stereocenters. The van der Waals surface area contributed by atoms with Crippen molar-refractivity contribution < 1.29 is 34.4 Å². The summed E-state index contributed by atoms with van der Waals surface area (Å²) in [5.74, 6) is 0. The fourth-order valence-corrected chi connectivity index (χ4v) is 1.34. The maximum Gasteiger partial charge on any atom is 0.321 e. The van der Waals surface area contributed by atoms with Crippen molar-refractivity contribution in [3.63, 3.8) is 0 Å². The molecule has 0 bridgehead atoms. The number of aldehydes is 1. The molecule has 10 heteroatoms. The van der Waals surface area contributed by atoms with Crippen LogP contribution in [0.2, 0.25) is 0 Å². The van der Waals surface area contributed by atoms with Crippen molar-refractivity contribution in [1.29, 1.82) is 0 Å². The van der Waals surface area contributed by atoms with E-state index in [4.69, 9.17) is 15.5 Å². The number of rotatable bonds is 7. The Labute approximate surface area is 96.5 Å². The Kier molecular flexibility index (Phi) is 6.71. The lowest BCUT2D eigenvalue weighted by Crippen LogP contribution is -2.50. The van der Waals surface area contributed by atoms with E-state index in [0.29, 0.717) is 0 Å². The van der Waals surface area contributed by atoms with Crippen LogP contribution >= 0.6 is 6.72 Å². The first-order valence-corrected chi connectivity index (χ1v) is 6.76. The van der Waals surface area contributed by atoms with Crippen LogP contribution in [0.5, 0.6) is 0 Å². The van der Waals surface area contributed by atoms with Gasteiger partial charge in [0.25, 0.3) is 0 Å². The highest BCUT2D eigenvalue weighted by Crippen LogP contribution is 2.36. The second kappa shape index (κ2) is 6.70. The van der Waals surface area contributed by atoms with Crippen LogP contribution in [-0.2, 0) is 21.1 Å². The fourth-order valence-electron chi connectivity index (χ4n) is 0.808. The summed E-state index contributed by atoms with van der Waals surface area (Å²) in [5, 5.41) is 27.7. The molecule has 0 aliphatic heterocycles. The first-order chi connectivity index (χ1) is 7.19. The first kappa shape index (κ1) is 16.0. The molecule has 0 aromatic rings. The average molecular weight is 275 g/mol. The molecular weight excluding hydrogens is 261 g/mol. The Hall–Kier alpha value is 0.0400. The van der Waals surface area contributed by atoms with E-state index in [1.165, 1.54) is 0 Å². The van der Waals surface area contributed by atoms with Crippen LogP contribution in [0.4, 0.5) is 0 Å². The third-order valence-electron chi connectivity index (χ3n) is 1.71. The Morgan fingerprint density at radius 2 is 1.81 bits per heavy atom. The zero-order chi connectivity index (χ0) is 12.9. The van der Waals surface area contributed by atoms with Crippen LogP contribution in [0.1, 0.15) is 0 Å². The van der Waals surface area contributed by atoms with Crippen molar-refractivity contribution in [2.75, 3.05) is 6.61 Å². The average Bonchev–Trinajstić information content (AvgIpc) is 2.21. The molecule has 0 aliphatic rings. The second-order valence-corrected chi connectivity index (χ2v) is 5.71. The summed E-state index contributed by atoms with van der Waals surface area (Å²) in [5.41, 5.74) is 5.09. The quantitative estimate of drug-likeness (QED) is 0.208. The SMILES string of the molecule is N[C@H](C=O)[C@@H](O)[C@H](O)[C@H](O)COP(O)(O)=S. The van der Waals surface area contributed by atoms with Crippen molar-refractivity contribution in [1.82, 2.24) is 0 Å². The van der Waals surface area contributed by atoms with Gasteiger partial charge in [0.2, 0.25) is 0 Å². The molecule has 0 saturated heterocycles. The van der Waals surface area contributed by atoms with Crippen LogP contribution in [-0.4, -0.2) is 62.4 Å². The zero-order valence-corrected chi connectivity index (χ0v) is 9.79. The Bertz CT molecular complexity index is 272. The van der Waals surface area contributed by atoms with E-state index >= 15 is 0 Å². The topological polar surface area (TPSA) is 153 Å². The van der Waals surface area contributed by atoms with Gasteiger partial charge in [-0.1, -0.05) is 0 Å². The molecule has 0 heterocycles. The standard InChI is InChI=1S/C6H14NO7PS/c7-3(1-8)5(10)6(11)4(9)2-14-15(12,13)16/h1,3-6,9-11H,2,7H2,(H2,12,13,16)/t3-,4-,5-,6-/m1/s1. The number of aliphatic hydroxyl groups excluding tert-OH is 3. The van der Waals surface area contributed by atoms with Gasteiger partial charge in [-0.05, 0) is 11.8 Å². The second-order valence-electron chi connectivity index (χ2n) is 3.05. The predicted molar refractivity (Wildman–Crippen MR) is 56.7 cm³/mol. The molecule has 0 amide bonds. The molecule has 0 aliphatic carbocycles. The molecule has 16 heavy (non-hydrogen) atoms. The summed E-state index contributed by atoms with van der Waals surface area (Å²) in [6, 6.07) is -1.36. The third-order valence-corrected chi connectivity index (χ3v) is 2.51. The number of carbonyl (C=O) groups is 1.